The molecule has 1 aromatic rings. The monoisotopic (exact) mass is 248 g/mol. The van der Waals surface area contributed by atoms with E-state index in [1.54, 1.807) is 0 Å². The van der Waals surface area contributed by atoms with Crippen molar-refractivity contribution in [3.05, 3.63) is 27.6 Å². The minimum absolute atomic E-state index is 0.0275. The molecule has 1 aliphatic rings. The van der Waals surface area contributed by atoms with Gasteiger partial charge in [-0.3, -0.25) is 4.79 Å². The van der Waals surface area contributed by atoms with E-state index in [2.05, 4.69) is 5.10 Å². The van der Waals surface area contributed by atoms with Gasteiger partial charge in [0, 0.05) is 6.07 Å². The molecule has 1 saturated heterocycles. The van der Waals surface area contributed by atoms with Crippen LogP contribution in [0.1, 0.15) is 12.5 Å². The van der Waals surface area contributed by atoms with Gasteiger partial charge < -0.3 is 0 Å². The molecule has 82 valence electrons. The molecule has 0 aromatic carbocycles. The van der Waals surface area contributed by atoms with E-state index >= 15 is 0 Å². The van der Waals surface area contributed by atoms with Crippen molar-refractivity contribution in [1.82, 2.24) is 9.78 Å². The van der Waals surface area contributed by atoms with Gasteiger partial charge in [-0.2, -0.15) is 5.10 Å². The molecule has 2 rings (SSSR count). The van der Waals surface area contributed by atoms with Crippen LogP contribution >= 0.6 is 11.6 Å². The largest absolute Gasteiger partial charge is 0.268 e. The van der Waals surface area contributed by atoms with Crippen molar-refractivity contribution in [3.8, 4) is 0 Å². The Balaban J connectivity index is 2.39. The Labute approximate surface area is 91.6 Å². The minimum atomic E-state index is -3.02. The van der Waals surface area contributed by atoms with Crippen molar-refractivity contribution in [2.24, 2.45) is 0 Å². The quantitative estimate of drug-likeness (QED) is 0.715. The predicted molar refractivity (Wildman–Crippen MR) is 55.8 cm³/mol. The molecule has 0 radical (unpaired) electrons. The molecule has 2 heterocycles. The summed E-state index contributed by atoms with van der Waals surface area (Å²) in [6.45, 7) is 0. The standard InChI is InChI=1S/C8H9ClN2O3S/c9-7-1-2-8(12)11(10-7)6-3-4-15(13,14)5-6/h1-2,6H,3-5H2/t6-/m0/s1. The highest BCUT2D eigenvalue weighted by Crippen LogP contribution is 2.21. The van der Waals surface area contributed by atoms with Crippen molar-refractivity contribution in [3.63, 3.8) is 0 Å². The smallest absolute Gasteiger partial charge is 0.267 e. The summed E-state index contributed by atoms with van der Waals surface area (Å²) >= 11 is 5.65. The molecule has 5 nitrogen and oxygen atoms in total. The van der Waals surface area contributed by atoms with Crippen LogP contribution in [0.3, 0.4) is 0 Å². The Morgan fingerprint density at radius 3 is 2.80 bits per heavy atom. The molecule has 0 aliphatic carbocycles. The fraction of sp³-hybridized carbons (Fsp3) is 0.500. The second-order valence-electron chi connectivity index (χ2n) is 3.50. The summed E-state index contributed by atoms with van der Waals surface area (Å²) in [6, 6.07) is 2.31. The van der Waals surface area contributed by atoms with Crippen molar-refractivity contribution in [2.45, 2.75) is 12.5 Å². The first kappa shape index (κ1) is 10.6. The molecular formula is C8H9ClN2O3S. The number of nitrogens with zero attached hydrogens (tertiary/aromatic N) is 2. The summed E-state index contributed by atoms with van der Waals surface area (Å²) in [4.78, 5) is 11.4. The van der Waals surface area contributed by atoms with E-state index in [0.717, 1.165) is 4.68 Å². The van der Waals surface area contributed by atoms with Crippen molar-refractivity contribution >= 4 is 21.4 Å². The predicted octanol–water partition coefficient (Wildman–Crippen LogP) is 0.256. The summed E-state index contributed by atoms with van der Waals surface area (Å²) in [6.07, 6.45) is 0.426. The molecule has 0 spiro atoms. The molecule has 0 amide bonds. The van der Waals surface area contributed by atoms with E-state index in [1.165, 1.54) is 12.1 Å². The Morgan fingerprint density at radius 2 is 2.20 bits per heavy atom. The van der Waals surface area contributed by atoms with Gasteiger partial charge in [-0.05, 0) is 12.5 Å². The second kappa shape index (κ2) is 3.61. The van der Waals surface area contributed by atoms with Crippen LogP contribution in [0.4, 0.5) is 0 Å². The van der Waals surface area contributed by atoms with Gasteiger partial charge in [-0.25, -0.2) is 13.1 Å². The molecule has 0 N–H and O–H groups in total. The van der Waals surface area contributed by atoms with Crippen LogP contribution in [0.2, 0.25) is 5.15 Å². The van der Waals surface area contributed by atoms with Crippen molar-refractivity contribution < 1.29 is 8.42 Å². The first-order valence-corrected chi connectivity index (χ1v) is 6.64. The molecule has 0 unspecified atom stereocenters. The van der Waals surface area contributed by atoms with E-state index < -0.39 is 9.84 Å². The Bertz CT molecular complexity index is 537. The van der Waals surface area contributed by atoms with Gasteiger partial charge in [0.1, 0.15) is 5.15 Å². The van der Waals surface area contributed by atoms with Crippen LogP contribution in [0, 0.1) is 0 Å². The third kappa shape index (κ3) is 2.21. The SMILES string of the molecule is O=c1ccc(Cl)nn1[C@H]1CCS(=O)(=O)C1. The van der Waals surface area contributed by atoms with Crippen LogP contribution in [-0.2, 0) is 9.84 Å². The maximum atomic E-state index is 11.4. The highest BCUT2D eigenvalue weighted by atomic mass is 35.5. The number of sulfone groups is 1. The van der Waals surface area contributed by atoms with Crippen LogP contribution in [0.15, 0.2) is 16.9 Å². The number of hydrogen-bond donors (Lipinski definition) is 0. The summed E-state index contributed by atoms with van der Waals surface area (Å²) in [5.74, 6) is 0.0819. The van der Waals surface area contributed by atoms with Gasteiger partial charge in [-0.1, -0.05) is 11.6 Å². The van der Waals surface area contributed by atoms with Crippen molar-refractivity contribution in [1.29, 1.82) is 0 Å². The highest BCUT2D eigenvalue weighted by molar-refractivity contribution is 7.91. The summed E-state index contributed by atoms with van der Waals surface area (Å²) in [7, 11) is -3.02. The molecule has 1 aromatic heterocycles. The molecule has 1 atom stereocenters. The van der Waals surface area contributed by atoms with Crippen LogP contribution < -0.4 is 5.56 Å². The molecule has 0 bridgehead atoms. The third-order valence-electron chi connectivity index (χ3n) is 2.35. The normalized spacial score (nSPS) is 24.2. The topological polar surface area (TPSA) is 69.0 Å². The fourth-order valence-corrected chi connectivity index (χ4v) is 3.47. The maximum absolute atomic E-state index is 11.4. The summed E-state index contributed by atoms with van der Waals surface area (Å²) < 4.78 is 23.6. The summed E-state index contributed by atoms with van der Waals surface area (Å²) in [5.41, 5.74) is -0.318. The Morgan fingerprint density at radius 1 is 1.47 bits per heavy atom. The lowest BCUT2D eigenvalue weighted by atomic mass is 10.3. The van der Waals surface area contributed by atoms with Crippen LogP contribution in [0.5, 0.6) is 0 Å². The zero-order chi connectivity index (χ0) is 11.1. The first-order valence-electron chi connectivity index (χ1n) is 4.44. The van der Waals surface area contributed by atoms with Crippen LogP contribution in [-0.4, -0.2) is 29.7 Å². The average molecular weight is 249 g/mol. The first-order chi connectivity index (χ1) is 6.98. The molecular weight excluding hydrogens is 240 g/mol. The van der Waals surface area contributed by atoms with Crippen LogP contribution in [0.25, 0.3) is 0 Å². The molecule has 1 fully saturated rings. The lowest BCUT2D eigenvalue weighted by molar-refractivity contribution is 0.474. The summed E-state index contributed by atoms with van der Waals surface area (Å²) in [5, 5.41) is 4.02. The van der Waals surface area contributed by atoms with Gasteiger partial charge in [0.25, 0.3) is 5.56 Å². The lowest BCUT2D eigenvalue weighted by Gasteiger charge is -2.09. The van der Waals surface area contributed by atoms with E-state index in [-0.39, 0.29) is 28.3 Å². The lowest BCUT2D eigenvalue weighted by Crippen LogP contribution is -2.27. The minimum Gasteiger partial charge on any atom is -0.268 e. The molecule has 0 saturated carbocycles. The van der Waals surface area contributed by atoms with E-state index in [1.807, 2.05) is 0 Å². The van der Waals surface area contributed by atoms with Gasteiger partial charge >= 0.3 is 0 Å². The third-order valence-corrected chi connectivity index (χ3v) is 4.30. The zero-order valence-electron chi connectivity index (χ0n) is 7.76. The maximum Gasteiger partial charge on any atom is 0.267 e. The van der Waals surface area contributed by atoms with Crippen molar-refractivity contribution in [2.75, 3.05) is 11.5 Å². The fourth-order valence-electron chi connectivity index (χ4n) is 1.63. The number of rotatable bonds is 1. The second-order valence-corrected chi connectivity index (χ2v) is 6.11. The van der Waals surface area contributed by atoms with Gasteiger partial charge in [0.15, 0.2) is 9.84 Å². The Kier molecular flexibility index (Phi) is 2.56. The van der Waals surface area contributed by atoms with Gasteiger partial charge in [0.05, 0.1) is 17.5 Å². The van der Waals surface area contributed by atoms with E-state index in [4.69, 9.17) is 11.6 Å². The number of halogens is 1. The average Bonchev–Trinajstić information content (AvgIpc) is 2.50. The zero-order valence-corrected chi connectivity index (χ0v) is 9.33. The van der Waals surface area contributed by atoms with Gasteiger partial charge in [0.2, 0.25) is 0 Å². The Hall–Kier alpha value is -0.880. The van der Waals surface area contributed by atoms with E-state index in [0.29, 0.717) is 6.42 Å². The number of hydrogen-bond acceptors (Lipinski definition) is 4. The highest BCUT2D eigenvalue weighted by Gasteiger charge is 2.30. The molecule has 7 heteroatoms. The number of aromatic nitrogens is 2. The van der Waals surface area contributed by atoms with Gasteiger partial charge in [-0.15, -0.1) is 0 Å². The molecule has 1 aliphatic heterocycles. The molecule has 15 heavy (non-hydrogen) atoms. The van der Waals surface area contributed by atoms with E-state index in [9.17, 15) is 13.2 Å².